The summed E-state index contributed by atoms with van der Waals surface area (Å²) in [5.41, 5.74) is -0.500. The SMILES string of the molecule is CCSC1CCC(NC(=O)c2c(F)cc(Br)cc2F)C1. The molecule has 0 saturated heterocycles. The summed E-state index contributed by atoms with van der Waals surface area (Å²) in [5.74, 6) is -1.31. The van der Waals surface area contributed by atoms with Gasteiger partial charge in [-0.25, -0.2) is 8.78 Å². The number of carbonyl (C=O) groups excluding carboxylic acids is 1. The zero-order chi connectivity index (χ0) is 14.7. The fourth-order valence-corrected chi connectivity index (χ4v) is 4.02. The van der Waals surface area contributed by atoms with Crippen LogP contribution in [0.25, 0.3) is 0 Å². The predicted octanol–water partition coefficient (Wildman–Crippen LogP) is 4.13. The van der Waals surface area contributed by atoms with Crippen molar-refractivity contribution in [2.75, 3.05) is 5.75 Å². The van der Waals surface area contributed by atoms with Crippen LogP contribution in [0.2, 0.25) is 0 Å². The highest BCUT2D eigenvalue weighted by molar-refractivity contribution is 9.10. The van der Waals surface area contributed by atoms with E-state index >= 15 is 0 Å². The van der Waals surface area contributed by atoms with Crippen LogP contribution in [-0.2, 0) is 0 Å². The highest BCUT2D eigenvalue weighted by atomic mass is 79.9. The highest BCUT2D eigenvalue weighted by Gasteiger charge is 2.27. The van der Waals surface area contributed by atoms with Gasteiger partial charge >= 0.3 is 0 Å². The van der Waals surface area contributed by atoms with E-state index in [1.165, 1.54) is 0 Å². The smallest absolute Gasteiger partial charge is 0.257 e. The highest BCUT2D eigenvalue weighted by Crippen LogP contribution is 2.30. The Morgan fingerprint density at radius 3 is 2.65 bits per heavy atom. The van der Waals surface area contributed by atoms with Gasteiger partial charge in [-0.3, -0.25) is 4.79 Å². The van der Waals surface area contributed by atoms with E-state index in [-0.39, 0.29) is 10.5 Å². The first kappa shape index (κ1) is 15.8. The third kappa shape index (κ3) is 3.73. The molecule has 1 aliphatic carbocycles. The summed E-state index contributed by atoms with van der Waals surface area (Å²) in [6, 6.07) is 2.21. The number of rotatable bonds is 4. The normalized spacial score (nSPS) is 22.0. The standard InChI is InChI=1S/C14H16BrF2NOS/c1-2-20-10-4-3-9(7-10)18-14(19)13-11(16)5-8(15)6-12(13)17/h5-6,9-10H,2-4,7H2,1H3,(H,18,19). The molecule has 0 radical (unpaired) electrons. The van der Waals surface area contributed by atoms with Crippen LogP contribution in [0.3, 0.4) is 0 Å². The maximum Gasteiger partial charge on any atom is 0.257 e. The average Bonchev–Trinajstić information content (AvgIpc) is 2.75. The van der Waals surface area contributed by atoms with Crippen molar-refractivity contribution in [2.45, 2.75) is 37.5 Å². The zero-order valence-corrected chi connectivity index (χ0v) is 13.5. The number of hydrogen-bond acceptors (Lipinski definition) is 2. The first-order chi connectivity index (χ1) is 9.51. The van der Waals surface area contributed by atoms with E-state index in [9.17, 15) is 13.6 Å². The van der Waals surface area contributed by atoms with Gasteiger partial charge in [0.25, 0.3) is 5.91 Å². The molecule has 1 saturated carbocycles. The van der Waals surface area contributed by atoms with Crippen LogP contribution in [0.1, 0.15) is 36.5 Å². The number of hydrogen-bond donors (Lipinski definition) is 1. The number of halogens is 3. The van der Waals surface area contributed by atoms with Gasteiger partial charge in [-0.1, -0.05) is 22.9 Å². The van der Waals surface area contributed by atoms with E-state index < -0.39 is 23.1 Å². The summed E-state index contributed by atoms with van der Waals surface area (Å²) >= 11 is 4.86. The van der Waals surface area contributed by atoms with E-state index in [4.69, 9.17) is 0 Å². The van der Waals surface area contributed by atoms with Gasteiger partial charge < -0.3 is 5.32 Å². The van der Waals surface area contributed by atoms with E-state index in [2.05, 4.69) is 28.2 Å². The molecule has 2 atom stereocenters. The monoisotopic (exact) mass is 363 g/mol. The summed E-state index contributed by atoms with van der Waals surface area (Å²) < 4.78 is 27.7. The lowest BCUT2D eigenvalue weighted by molar-refractivity contribution is 0.0929. The number of nitrogens with one attached hydrogen (secondary N) is 1. The third-order valence-electron chi connectivity index (χ3n) is 3.36. The fraction of sp³-hybridized carbons (Fsp3) is 0.500. The molecule has 0 heterocycles. The zero-order valence-electron chi connectivity index (χ0n) is 11.1. The Hall–Kier alpha value is -0.620. The number of carbonyl (C=O) groups is 1. The van der Waals surface area contributed by atoms with E-state index in [1.54, 1.807) is 0 Å². The molecule has 2 rings (SSSR count). The lowest BCUT2D eigenvalue weighted by Gasteiger charge is -2.14. The van der Waals surface area contributed by atoms with E-state index in [0.29, 0.717) is 5.25 Å². The molecule has 0 aromatic heterocycles. The van der Waals surface area contributed by atoms with E-state index in [1.807, 2.05) is 11.8 Å². The van der Waals surface area contributed by atoms with Crippen molar-refractivity contribution in [1.29, 1.82) is 0 Å². The molecule has 1 aliphatic rings. The Balaban J connectivity index is 2.03. The van der Waals surface area contributed by atoms with Crippen LogP contribution in [0.5, 0.6) is 0 Å². The minimum atomic E-state index is -0.841. The lowest BCUT2D eigenvalue weighted by atomic mass is 10.1. The van der Waals surface area contributed by atoms with Crippen LogP contribution in [0, 0.1) is 11.6 Å². The van der Waals surface area contributed by atoms with Crippen molar-refractivity contribution >= 4 is 33.6 Å². The molecule has 0 spiro atoms. The van der Waals surface area contributed by atoms with Crippen molar-refractivity contribution in [3.63, 3.8) is 0 Å². The Bertz CT molecular complexity index is 489. The van der Waals surface area contributed by atoms with Gasteiger partial charge in [0.1, 0.15) is 17.2 Å². The minimum Gasteiger partial charge on any atom is -0.349 e. The Morgan fingerprint density at radius 2 is 2.05 bits per heavy atom. The molecule has 6 heteroatoms. The summed E-state index contributed by atoms with van der Waals surface area (Å²) in [7, 11) is 0. The van der Waals surface area contributed by atoms with Gasteiger partial charge in [-0.2, -0.15) is 11.8 Å². The van der Waals surface area contributed by atoms with Crippen LogP contribution in [0.4, 0.5) is 8.78 Å². The summed E-state index contributed by atoms with van der Waals surface area (Å²) in [6.45, 7) is 2.10. The van der Waals surface area contributed by atoms with E-state index in [0.717, 1.165) is 37.1 Å². The second kappa shape index (κ2) is 6.89. The summed E-state index contributed by atoms with van der Waals surface area (Å²) in [5, 5.41) is 3.27. The molecule has 20 heavy (non-hydrogen) atoms. The van der Waals surface area contributed by atoms with Gasteiger partial charge in [-0.05, 0) is 37.1 Å². The van der Waals surface area contributed by atoms with Crippen molar-refractivity contribution in [1.82, 2.24) is 5.32 Å². The molecule has 1 fully saturated rings. The molecular formula is C14H16BrF2NOS. The van der Waals surface area contributed by atoms with Crippen molar-refractivity contribution in [3.05, 3.63) is 33.8 Å². The lowest BCUT2D eigenvalue weighted by Crippen LogP contribution is -2.34. The molecule has 1 N–H and O–H groups in total. The quantitative estimate of drug-likeness (QED) is 0.871. The number of amides is 1. The number of benzene rings is 1. The average molecular weight is 364 g/mol. The molecule has 1 amide bonds. The van der Waals surface area contributed by atoms with Crippen LogP contribution in [-0.4, -0.2) is 23.0 Å². The van der Waals surface area contributed by atoms with Gasteiger partial charge in [0.2, 0.25) is 0 Å². The molecule has 0 bridgehead atoms. The maximum absolute atomic E-state index is 13.7. The molecule has 2 unspecified atom stereocenters. The molecule has 0 aliphatic heterocycles. The summed E-state index contributed by atoms with van der Waals surface area (Å²) in [6.07, 6.45) is 2.77. The minimum absolute atomic E-state index is 0.00833. The Labute approximate surface area is 129 Å². The van der Waals surface area contributed by atoms with Crippen LogP contribution < -0.4 is 5.32 Å². The van der Waals surface area contributed by atoms with Crippen molar-refractivity contribution in [3.8, 4) is 0 Å². The van der Waals surface area contributed by atoms with Crippen molar-refractivity contribution < 1.29 is 13.6 Å². The van der Waals surface area contributed by atoms with Crippen molar-refractivity contribution in [2.24, 2.45) is 0 Å². The third-order valence-corrected chi connectivity index (χ3v) is 5.05. The van der Waals surface area contributed by atoms with Gasteiger partial charge in [-0.15, -0.1) is 0 Å². The maximum atomic E-state index is 13.7. The largest absolute Gasteiger partial charge is 0.349 e. The Kier molecular flexibility index (Phi) is 5.43. The van der Waals surface area contributed by atoms with Crippen LogP contribution >= 0.6 is 27.7 Å². The first-order valence-electron chi connectivity index (χ1n) is 6.58. The first-order valence-corrected chi connectivity index (χ1v) is 8.42. The van der Waals surface area contributed by atoms with Gasteiger partial charge in [0.05, 0.1) is 0 Å². The fourth-order valence-electron chi connectivity index (χ4n) is 2.47. The summed E-state index contributed by atoms with van der Waals surface area (Å²) in [4.78, 5) is 12.0. The second-order valence-corrected chi connectivity index (χ2v) is 7.30. The number of thioether (sulfide) groups is 1. The molecule has 110 valence electrons. The topological polar surface area (TPSA) is 29.1 Å². The second-order valence-electron chi connectivity index (χ2n) is 4.81. The molecule has 2 nitrogen and oxygen atoms in total. The van der Waals surface area contributed by atoms with Gasteiger partial charge in [0.15, 0.2) is 0 Å². The molecular weight excluding hydrogens is 348 g/mol. The molecule has 1 aromatic carbocycles. The predicted molar refractivity (Wildman–Crippen MR) is 81.1 cm³/mol. The Morgan fingerprint density at radius 1 is 1.40 bits per heavy atom. The molecule has 1 aromatic rings. The van der Waals surface area contributed by atoms with Gasteiger partial charge in [0, 0.05) is 15.8 Å². The van der Waals surface area contributed by atoms with Crippen LogP contribution in [0.15, 0.2) is 16.6 Å².